The highest BCUT2D eigenvalue weighted by molar-refractivity contribution is 7.90. The minimum absolute atomic E-state index is 0.0586. The number of pyridine rings is 1. The first-order chi connectivity index (χ1) is 9.95. The summed E-state index contributed by atoms with van der Waals surface area (Å²) in [6, 6.07) is 4.20. The van der Waals surface area contributed by atoms with Gasteiger partial charge in [0.25, 0.3) is 15.9 Å². The van der Waals surface area contributed by atoms with E-state index in [1.54, 1.807) is 12.3 Å². The second kappa shape index (κ2) is 6.42. The van der Waals surface area contributed by atoms with Gasteiger partial charge < -0.3 is 4.74 Å². The maximum absolute atomic E-state index is 12.3. The molecule has 0 spiro atoms. The lowest BCUT2D eigenvalue weighted by Crippen LogP contribution is -2.31. The number of nitrogens with one attached hydrogen (secondary N) is 1. The Kier molecular flexibility index (Phi) is 4.81. The third kappa shape index (κ3) is 3.52. The van der Waals surface area contributed by atoms with Gasteiger partial charge in [0, 0.05) is 6.20 Å². The van der Waals surface area contributed by atoms with E-state index in [9.17, 15) is 13.2 Å². The van der Waals surface area contributed by atoms with E-state index in [1.807, 2.05) is 4.72 Å². The van der Waals surface area contributed by atoms with Gasteiger partial charge in [-0.15, -0.1) is 11.3 Å². The van der Waals surface area contributed by atoms with Crippen molar-refractivity contribution in [2.24, 2.45) is 0 Å². The number of amides is 1. The summed E-state index contributed by atoms with van der Waals surface area (Å²) in [6.45, 7) is 1.96. The van der Waals surface area contributed by atoms with Gasteiger partial charge in [-0.1, -0.05) is 11.6 Å². The van der Waals surface area contributed by atoms with E-state index in [0.29, 0.717) is 0 Å². The first-order valence-corrected chi connectivity index (χ1v) is 8.57. The molecule has 0 aliphatic carbocycles. The third-order valence-corrected chi connectivity index (χ3v) is 4.91. The van der Waals surface area contributed by atoms with Crippen molar-refractivity contribution in [2.45, 2.75) is 11.8 Å². The molecule has 21 heavy (non-hydrogen) atoms. The summed E-state index contributed by atoms with van der Waals surface area (Å²) in [5.41, 5.74) is 0.104. The zero-order valence-electron chi connectivity index (χ0n) is 10.9. The standard InChI is InChI=1S/C12H11ClN2O4S2/c1-2-19-12-9(4-3-6-14-12)21(17,18)15-11(16)8-5-7-20-10(8)13/h3-7H,2H2,1H3,(H,15,16). The van der Waals surface area contributed by atoms with E-state index < -0.39 is 15.9 Å². The number of carbonyl (C=O) groups is 1. The van der Waals surface area contributed by atoms with Crippen molar-refractivity contribution in [3.05, 3.63) is 39.7 Å². The predicted octanol–water partition coefficient (Wildman–Crippen LogP) is 2.31. The molecule has 0 radical (unpaired) electrons. The lowest BCUT2D eigenvalue weighted by molar-refractivity contribution is 0.0982. The smallest absolute Gasteiger partial charge is 0.269 e. The van der Waals surface area contributed by atoms with Crippen LogP contribution < -0.4 is 9.46 Å². The van der Waals surface area contributed by atoms with Crippen LogP contribution in [0.3, 0.4) is 0 Å². The first kappa shape index (κ1) is 15.7. The van der Waals surface area contributed by atoms with Crippen molar-refractivity contribution in [2.75, 3.05) is 6.61 Å². The molecule has 1 amide bonds. The zero-order valence-corrected chi connectivity index (χ0v) is 13.3. The van der Waals surface area contributed by atoms with Crippen LogP contribution in [0.2, 0.25) is 4.34 Å². The Hall–Kier alpha value is -1.64. The van der Waals surface area contributed by atoms with Crippen LogP contribution in [0.15, 0.2) is 34.7 Å². The van der Waals surface area contributed by atoms with Crippen LogP contribution in [0.5, 0.6) is 5.88 Å². The molecule has 0 saturated carbocycles. The highest BCUT2D eigenvalue weighted by Crippen LogP contribution is 2.24. The van der Waals surface area contributed by atoms with E-state index >= 15 is 0 Å². The van der Waals surface area contributed by atoms with Crippen molar-refractivity contribution in [1.82, 2.24) is 9.71 Å². The van der Waals surface area contributed by atoms with Gasteiger partial charge in [0.2, 0.25) is 5.88 Å². The van der Waals surface area contributed by atoms with Gasteiger partial charge >= 0.3 is 0 Å². The molecule has 1 N–H and O–H groups in total. The molecule has 0 bridgehead atoms. The number of ether oxygens (including phenoxy) is 1. The van der Waals surface area contributed by atoms with Crippen LogP contribution in [-0.2, 0) is 10.0 Å². The number of hydrogen-bond acceptors (Lipinski definition) is 6. The molecule has 9 heteroatoms. The first-order valence-electron chi connectivity index (χ1n) is 5.83. The van der Waals surface area contributed by atoms with Gasteiger partial charge in [-0.3, -0.25) is 4.79 Å². The molecule has 0 saturated heterocycles. The highest BCUT2D eigenvalue weighted by atomic mass is 35.5. The summed E-state index contributed by atoms with van der Waals surface area (Å²) in [7, 11) is -4.10. The van der Waals surface area contributed by atoms with Gasteiger partial charge in [0.1, 0.15) is 9.23 Å². The lowest BCUT2D eigenvalue weighted by Gasteiger charge is -2.10. The second-order valence-electron chi connectivity index (χ2n) is 3.78. The summed E-state index contributed by atoms with van der Waals surface area (Å²) in [5, 5.41) is 1.60. The number of hydrogen-bond donors (Lipinski definition) is 1. The maximum Gasteiger partial charge on any atom is 0.269 e. The topological polar surface area (TPSA) is 85.4 Å². The molecule has 0 unspecified atom stereocenters. The number of thiophene rings is 1. The number of rotatable bonds is 5. The lowest BCUT2D eigenvalue weighted by atomic mass is 10.3. The quantitative estimate of drug-likeness (QED) is 0.897. The molecule has 0 atom stereocenters. The Morgan fingerprint density at radius 2 is 2.24 bits per heavy atom. The van der Waals surface area contributed by atoms with Gasteiger partial charge in [0.15, 0.2) is 0 Å². The summed E-state index contributed by atoms with van der Waals surface area (Å²) in [4.78, 5) is 15.6. The zero-order chi connectivity index (χ0) is 15.5. The molecule has 2 aromatic heterocycles. The van der Waals surface area contributed by atoms with Crippen molar-refractivity contribution in [3.63, 3.8) is 0 Å². The van der Waals surface area contributed by atoms with Crippen LogP contribution in [0.4, 0.5) is 0 Å². The molecule has 0 aliphatic heterocycles. The summed E-state index contributed by atoms with van der Waals surface area (Å²) in [5.74, 6) is -0.857. The number of halogens is 1. The molecule has 2 rings (SSSR count). The molecule has 0 fully saturated rings. The highest BCUT2D eigenvalue weighted by Gasteiger charge is 2.24. The van der Waals surface area contributed by atoms with Gasteiger partial charge in [-0.25, -0.2) is 18.1 Å². The average molecular weight is 347 g/mol. The minimum Gasteiger partial charge on any atom is -0.477 e. The van der Waals surface area contributed by atoms with E-state index in [4.69, 9.17) is 16.3 Å². The average Bonchev–Trinajstić information content (AvgIpc) is 2.85. The maximum atomic E-state index is 12.3. The second-order valence-corrected chi connectivity index (χ2v) is 6.95. The fourth-order valence-electron chi connectivity index (χ4n) is 1.51. The summed E-state index contributed by atoms with van der Waals surface area (Å²) in [6.07, 6.45) is 1.40. The van der Waals surface area contributed by atoms with Crippen LogP contribution in [0.1, 0.15) is 17.3 Å². The Morgan fingerprint density at radius 3 is 2.86 bits per heavy atom. The molecule has 2 aromatic rings. The van der Waals surface area contributed by atoms with Gasteiger partial charge in [-0.2, -0.15) is 0 Å². The number of aromatic nitrogens is 1. The van der Waals surface area contributed by atoms with E-state index in [0.717, 1.165) is 11.3 Å². The number of sulfonamides is 1. The van der Waals surface area contributed by atoms with Crippen molar-refractivity contribution < 1.29 is 17.9 Å². The summed E-state index contributed by atoms with van der Waals surface area (Å²) >= 11 is 6.95. The Labute approximate surface area is 130 Å². The SMILES string of the molecule is CCOc1ncccc1S(=O)(=O)NC(=O)c1ccsc1Cl. The van der Waals surface area contributed by atoms with E-state index in [-0.39, 0.29) is 27.3 Å². The van der Waals surface area contributed by atoms with Crippen molar-refractivity contribution >= 4 is 38.9 Å². The van der Waals surface area contributed by atoms with Crippen molar-refractivity contribution in [3.8, 4) is 5.88 Å². The normalized spacial score (nSPS) is 11.1. The van der Waals surface area contributed by atoms with Crippen LogP contribution in [-0.4, -0.2) is 25.9 Å². The largest absolute Gasteiger partial charge is 0.477 e. The Balaban J connectivity index is 2.31. The number of carbonyl (C=O) groups excluding carboxylic acids is 1. The molecular weight excluding hydrogens is 336 g/mol. The summed E-state index contributed by atoms with van der Waals surface area (Å²) < 4.78 is 31.8. The molecule has 0 aromatic carbocycles. The molecule has 2 heterocycles. The Bertz CT molecular complexity index is 758. The van der Waals surface area contributed by atoms with E-state index in [2.05, 4.69) is 4.98 Å². The van der Waals surface area contributed by atoms with Crippen LogP contribution >= 0.6 is 22.9 Å². The monoisotopic (exact) mass is 346 g/mol. The third-order valence-electron chi connectivity index (χ3n) is 2.40. The molecule has 112 valence electrons. The van der Waals surface area contributed by atoms with Gasteiger partial charge in [0.05, 0.1) is 12.2 Å². The molecule has 6 nitrogen and oxygen atoms in total. The Morgan fingerprint density at radius 1 is 1.48 bits per heavy atom. The van der Waals surface area contributed by atoms with E-state index in [1.165, 1.54) is 24.4 Å². The van der Waals surface area contributed by atoms with Crippen LogP contribution in [0, 0.1) is 0 Å². The molecule has 0 aliphatic rings. The molecular formula is C12H11ClN2O4S2. The van der Waals surface area contributed by atoms with Gasteiger partial charge in [-0.05, 0) is 30.5 Å². The van der Waals surface area contributed by atoms with Crippen molar-refractivity contribution in [1.29, 1.82) is 0 Å². The minimum atomic E-state index is -4.10. The fraction of sp³-hybridized carbons (Fsp3) is 0.167. The fourth-order valence-corrected chi connectivity index (χ4v) is 3.49. The predicted molar refractivity (Wildman–Crippen MR) is 79.4 cm³/mol. The van der Waals surface area contributed by atoms with Crippen LogP contribution in [0.25, 0.3) is 0 Å². The number of nitrogens with zero attached hydrogens (tertiary/aromatic N) is 1.